The molecule has 0 nitrogen and oxygen atoms in total. The summed E-state index contributed by atoms with van der Waals surface area (Å²) in [6, 6.07) is 29.3. The van der Waals surface area contributed by atoms with Crippen LogP contribution in [0.1, 0.15) is 0 Å². The van der Waals surface area contributed by atoms with E-state index in [2.05, 4.69) is 89.1 Å². The van der Waals surface area contributed by atoms with Gasteiger partial charge in [-0.2, -0.15) is 35.0 Å². The molecular formula is C21H24Cl2Zr-4. The predicted molar refractivity (Wildman–Crippen MR) is 114 cm³/mol. The smallest absolute Gasteiger partial charge is 0.0809 e. The minimum Gasteiger partial charge on any atom is -0.358 e. The van der Waals surface area contributed by atoms with Crippen LogP contribution in [0.5, 0.6) is 0 Å². The van der Waals surface area contributed by atoms with Crippen molar-refractivity contribution in [2.75, 3.05) is 0 Å². The van der Waals surface area contributed by atoms with Crippen molar-refractivity contribution in [2.24, 2.45) is 0 Å². The van der Waals surface area contributed by atoms with Gasteiger partial charge in [0.05, 0.1) is 0 Å². The third kappa shape index (κ3) is 7.71. The SMILES string of the molecule is Cl.Cl.[CH2]=[Zr].[CH3-].[CH3-].c1ccc2[cH-]ccc2c1.c1ccc2[cH-]ccc2c1. The van der Waals surface area contributed by atoms with Crippen LogP contribution in [-0.2, 0) is 24.2 Å². The molecule has 0 spiro atoms. The van der Waals surface area contributed by atoms with E-state index in [1.165, 1.54) is 45.8 Å². The molecular weight excluding hydrogens is 414 g/mol. The van der Waals surface area contributed by atoms with Crippen LogP contribution in [0.15, 0.2) is 84.9 Å². The van der Waals surface area contributed by atoms with Crippen molar-refractivity contribution < 1.29 is 24.2 Å². The molecule has 0 aliphatic heterocycles. The Bertz CT molecular complexity index is 645. The zero-order valence-electron chi connectivity index (χ0n) is 14.1. The zero-order chi connectivity index (χ0) is 14.2. The maximum absolute atomic E-state index is 3.34. The van der Waals surface area contributed by atoms with E-state index in [4.69, 9.17) is 0 Å². The molecule has 0 unspecified atom stereocenters. The van der Waals surface area contributed by atoms with Crippen LogP contribution in [0.2, 0.25) is 0 Å². The van der Waals surface area contributed by atoms with Gasteiger partial charge in [0, 0.05) is 0 Å². The van der Waals surface area contributed by atoms with Crippen molar-refractivity contribution >= 4 is 50.6 Å². The quantitative estimate of drug-likeness (QED) is 0.264. The minimum absolute atomic E-state index is 0. The van der Waals surface area contributed by atoms with Crippen molar-refractivity contribution in [2.45, 2.75) is 0 Å². The fourth-order valence-electron chi connectivity index (χ4n) is 2.14. The summed E-state index contributed by atoms with van der Waals surface area (Å²) in [5.74, 6) is 0. The van der Waals surface area contributed by atoms with Crippen molar-refractivity contribution in [3.63, 3.8) is 0 Å². The van der Waals surface area contributed by atoms with Gasteiger partial charge >= 0.3 is 28.4 Å². The van der Waals surface area contributed by atoms with E-state index >= 15 is 0 Å². The van der Waals surface area contributed by atoms with Gasteiger partial charge < -0.3 is 14.9 Å². The van der Waals surface area contributed by atoms with E-state index in [-0.39, 0.29) is 39.7 Å². The number of rotatable bonds is 0. The van der Waals surface area contributed by atoms with Gasteiger partial charge in [0.25, 0.3) is 0 Å². The Morgan fingerprint density at radius 3 is 1.25 bits per heavy atom. The summed E-state index contributed by atoms with van der Waals surface area (Å²) < 4.78 is 3.34. The molecule has 4 aromatic rings. The average molecular weight is 439 g/mol. The molecule has 0 fully saturated rings. The van der Waals surface area contributed by atoms with Gasteiger partial charge in [0.1, 0.15) is 0 Å². The van der Waals surface area contributed by atoms with E-state index in [9.17, 15) is 0 Å². The fourth-order valence-corrected chi connectivity index (χ4v) is 2.14. The van der Waals surface area contributed by atoms with E-state index in [0.717, 1.165) is 0 Å². The second-order valence-corrected chi connectivity index (χ2v) is 4.31. The Balaban J connectivity index is -0.000000290. The Labute approximate surface area is 173 Å². The number of benzene rings is 2. The third-order valence-corrected chi connectivity index (χ3v) is 3.10. The number of halogens is 2. The van der Waals surface area contributed by atoms with Gasteiger partial charge in [-0.05, 0) is 0 Å². The molecule has 0 N–H and O–H groups in total. The standard InChI is InChI=1S/2C9H7.2CH3.CH2.2ClH.Zr/c2*1-2-5-9-7-3-6-8(9)4-1;;;;;;/h2*1-7H;2*1H3;1H2;2*1H;/q4*-1;;;;. The Morgan fingerprint density at radius 2 is 0.917 bits per heavy atom. The zero-order valence-corrected chi connectivity index (χ0v) is 18.2. The van der Waals surface area contributed by atoms with E-state index < -0.39 is 0 Å². The molecule has 0 atom stereocenters. The normalized spacial score (nSPS) is 7.79. The summed E-state index contributed by atoms with van der Waals surface area (Å²) >= 11 is 1.30. The van der Waals surface area contributed by atoms with Gasteiger partial charge in [-0.1, -0.05) is 12.1 Å². The molecule has 0 radical (unpaired) electrons. The van der Waals surface area contributed by atoms with Gasteiger partial charge in [-0.25, -0.2) is 0 Å². The largest absolute Gasteiger partial charge is 0.358 e. The fraction of sp³-hybridized carbons (Fsp3) is 0. The van der Waals surface area contributed by atoms with E-state index in [1.54, 1.807) is 0 Å². The maximum Gasteiger partial charge on any atom is -0.0809 e. The van der Waals surface area contributed by atoms with Crippen molar-refractivity contribution in [3.8, 4) is 0 Å². The summed E-state index contributed by atoms with van der Waals surface area (Å²) in [6.07, 6.45) is 0. The topological polar surface area (TPSA) is 0 Å². The Hall–Kier alpha value is -1.01. The maximum atomic E-state index is 3.34. The summed E-state index contributed by atoms with van der Waals surface area (Å²) in [5.41, 5.74) is 0. The number of hydrogen-bond donors (Lipinski definition) is 0. The molecule has 0 aliphatic rings. The molecule has 4 rings (SSSR count). The van der Waals surface area contributed by atoms with Gasteiger partial charge in [0.2, 0.25) is 0 Å². The molecule has 4 aromatic carbocycles. The molecule has 24 heavy (non-hydrogen) atoms. The first kappa shape index (κ1) is 27.8. The molecule has 0 saturated heterocycles. The number of fused-ring (bicyclic) bond motifs is 2. The van der Waals surface area contributed by atoms with Crippen molar-refractivity contribution in [1.82, 2.24) is 0 Å². The van der Waals surface area contributed by atoms with Crippen LogP contribution in [0.4, 0.5) is 0 Å². The number of hydrogen-bond acceptors (Lipinski definition) is 0. The van der Waals surface area contributed by atoms with Crippen molar-refractivity contribution in [1.29, 1.82) is 0 Å². The van der Waals surface area contributed by atoms with Crippen LogP contribution < -0.4 is 0 Å². The monoisotopic (exact) mass is 436 g/mol. The molecule has 0 aromatic heterocycles. The molecule has 0 amide bonds. The molecule has 0 heterocycles. The molecule has 0 aliphatic carbocycles. The van der Waals surface area contributed by atoms with Crippen LogP contribution in [0.25, 0.3) is 21.5 Å². The van der Waals surface area contributed by atoms with Crippen LogP contribution in [0, 0.1) is 14.9 Å². The average Bonchev–Trinajstić information content (AvgIpc) is 3.18. The van der Waals surface area contributed by atoms with Crippen molar-refractivity contribution in [3.05, 3.63) is 99.8 Å². The first-order valence-electron chi connectivity index (χ1n) is 6.50. The van der Waals surface area contributed by atoms with Gasteiger partial charge in [0.15, 0.2) is 0 Å². The van der Waals surface area contributed by atoms with Gasteiger partial charge in [-0.15, -0.1) is 84.1 Å². The van der Waals surface area contributed by atoms with Crippen LogP contribution >= 0.6 is 24.8 Å². The van der Waals surface area contributed by atoms with E-state index in [0.29, 0.717) is 0 Å². The Kier molecular flexibility index (Phi) is 18.0. The van der Waals surface area contributed by atoms with Crippen LogP contribution in [-0.4, -0.2) is 4.21 Å². The minimum atomic E-state index is 0. The summed E-state index contributed by atoms with van der Waals surface area (Å²) in [5, 5.41) is 5.32. The molecule has 130 valence electrons. The summed E-state index contributed by atoms with van der Waals surface area (Å²) in [6.45, 7) is 0. The summed E-state index contributed by atoms with van der Waals surface area (Å²) in [4.78, 5) is 0. The molecule has 3 heteroatoms. The molecule has 0 bridgehead atoms. The van der Waals surface area contributed by atoms with E-state index in [1.807, 2.05) is 0 Å². The summed E-state index contributed by atoms with van der Waals surface area (Å²) in [7, 11) is 0. The Morgan fingerprint density at radius 1 is 0.583 bits per heavy atom. The predicted octanol–water partition coefficient (Wildman–Crippen LogP) is 6.83. The second-order valence-electron chi connectivity index (χ2n) is 4.31. The van der Waals surface area contributed by atoms with Crippen LogP contribution in [0.3, 0.4) is 0 Å². The first-order chi connectivity index (χ1) is 9.93. The molecule has 0 saturated carbocycles. The van der Waals surface area contributed by atoms with Gasteiger partial charge in [-0.3, -0.25) is 0 Å². The third-order valence-electron chi connectivity index (χ3n) is 3.10. The first-order valence-corrected chi connectivity index (χ1v) is 8.23. The second kappa shape index (κ2) is 15.5.